The van der Waals surface area contributed by atoms with Crippen LogP contribution in [0.15, 0.2) is 4.99 Å². The van der Waals surface area contributed by atoms with Crippen LogP contribution in [0.3, 0.4) is 0 Å². The molecule has 0 fully saturated rings. The first kappa shape index (κ1) is 32.1. The normalized spacial score (nSPS) is 14.7. The highest BCUT2D eigenvalue weighted by molar-refractivity contribution is 5.94. The minimum Gasteiger partial charge on any atom is -0.480 e. The van der Waals surface area contributed by atoms with Crippen LogP contribution in [0.4, 0.5) is 0 Å². The maximum atomic E-state index is 13.1. The smallest absolute Gasteiger partial charge is 0.326 e. The average Bonchev–Trinajstić information content (AvgIpc) is 2.71. The largest absolute Gasteiger partial charge is 0.480 e. The molecule has 10 N–H and O–H groups in total. The molecule has 35 heavy (non-hydrogen) atoms. The molecule has 0 aromatic carbocycles. The lowest BCUT2D eigenvalue weighted by molar-refractivity contribution is -0.142. The molecular weight excluding hydrogens is 454 g/mol. The Bertz CT molecular complexity index is 736. The first-order valence-electron chi connectivity index (χ1n) is 12.1. The summed E-state index contributed by atoms with van der Waals surface area (Å²) < 4.78 is 0. The topological polar surface area (TPSA) is 215 Å². The van der Waals surface area contributed by atoms with E-state index in [1.165, 1.54) is 0 Å². The molecule has 0 aliphatic rings. The van der Waals surface area contributed by atoms with E-state index in [0.717, 1.165) is 0 Å². The summed E-state index contributed by atoms with van der Waals surface area (Å²) in [5, 5.41) is 17.4. The molecule has 4 atom stereocenters. The summed E-state index contributed by atoms with van der Waals surface area (Å²) in [5.74, 6) is -2.95. The zero-order valence-corrected chi connectivity index (χ0v) is 21.8. The summed E-state index contributed by atoms with van der Waals surface area (Å²) in [6, 6.07) is -3.81. The number of carbonyl (C=O) groups excluding carboxylic acids is 3. The number of nitrogens with two attached hydrogens (primary N) is 3. The second kappa shape index (κ2) is 15.9. The van der Waals surface area contributed by atoms with Gasteiger partial charge >= 0.3 is 5.97 Å². The number of guanidine groups is 1. The lowest BCUT2D eigenvalue weighted by atomic mass is 9.98. The molecule has 0 radical (unpaired) electrons. The number of aliphatic imine (C=N–C) groups is 1. The fourth-order valence-electron chi connectivity index (χ4n) is 3.41. The van der Waals surface area contributed by atoms with E-state index in [1.807, 2.05) is 27.7 Å². The van der Waals surface area contributed by atoms with Gasteiger partial charge in [-0.2, -0.15) is 0 Å². The number of rotatable bonds is 16. The van der Waals surface area contributed by atoms with E-state index in [1.54, 1.807) is 13.8 Å². The summed E-state index contributed by atoms with van der Waals surface area (Å²) in [6.45, 7) is 11.4. The Morgan fingerprint density at radius 3 is 1.80 bits per heavy atom. The van der Waals surface area contributed by atoms with Gasteiger partial charge in [-0.15, -0.1) is 0 Å². The predicted molar refractivity (Wildman–Crippen MR) is 135 cm³/mol. The molecule has 0 aromatic rings. The SMILES string of the molecule is CC(C)CC(N)C(=O)NC(CC(C)C)C(=O)NC(C(=O)NC(CCCN=C(N)N)C(=O)O)C(C)C. The lowest BCUT2D eigenvalue weighted by Gasteiger charge is -2.28. The summed E-state index contributed by atoms with van der Waals surface area (Å²) in [5.41, 5.74) is 16.5. The molecular formula is C23H45N7O5. The third-order valence-corrected chi connectivity index (χ3v) is 5.21. The number of carbonyl (C=O) groups is 4. The second-order valence-electron chi connectivity index (χ2n) is 10.0. The first-order chi connectivity index (χ1) is 16.1. The van der Waals surface area contributed by atoms with E-state index in [9.17, 15) is 24.3 Å². The van der Waals surface area contributed by atoms with Crippen LogP contribution in [0.25, 0.3) is 0 Å². The molecule has 0 aliphatic carbocycles. The molecule has 0 aliphatic heterocycles. The summed E-state index contributed by atoms with van der Waals surface area (Å²) in [6.07, 6.45) is 1.27. The van der Waals surface area contributed by atoms with E-state index >= 15 is 0 Å². The molecule has 0 bridgehead atoms. The van der Waals surface area contributed by atoms with Crippen LogP contribution in [-0.4, -0.2) is 65.5 Å². The van der Waals surface area contributed by atoms with Crippen LogP contribution in [0.5, 0.6) is 0 Å². The quantitative estimate of drug-likeness (QED) is 0.0844. The average molecular weight is 500 g/mol. The molecule has 12 heteroatoms. The number of amides is 3. The van der Waals surface area contributed by atoms with Crippen LogP contribution in [0, 0.1) is 17.8 Å². The minimum absolute atomic E-state index is 0.0836. The maximum Gasteiger partial charge on any atom is 0.326 e. The zero-order valence-electron chi connectivity index (χ0n) is 21.8. The molecule has 0 saturated heterocycles. The van der Waals surface area contributed by atoms with Crippen molar-refractivity contribution >= 4 is 29.7 Å². The minimum atomic E-state index is -1.21. The summed E-state index contributed by atoms with van der Waals surface area (Å²) in [4.78, 5) is 53.9. The third kappa shape index (κ3) is 13.5. The van der Waals surface area contributed by atoms with Crippen LogP contribution >= 0.6 is 0 Å². The number of carboxylic acid groups (broad SMARTS) is 1. The number of nitrogens with one attached hydrogen (secondary N) is 3. The zero-order chi connectivity index (χ0) is 27.3. The Labute approximate surface area is 208 Å². The molecule has 202 valence electrons. The second-order valence-corrected chi connectivity index (χ2v) is 10.0. The molecule has 4 unspecified atom stereocenters. The predicted octanol–water partition coefficient (Wildman–Crippen LogP) is -0.345. The highest BCUT2D eigenvalue weighted by atomic mass is 16.4. The number of hydrogen-bond donors (Lipinski definition) is 7. The van der Waals surface area contributed by atoms with Gasteiger partial charge in [-0.1, -0.05) is 41.5 Å². The molecule has 0 aromatic heterocycles. The molecule has 0 rings (SSSR count). The van der Waals surface area contributed by atoms with E-state index in [4.69, 9.17) is 17.2 Å². The van der Waals surface area contributed by atoms with Gasteiger partial charge in [0.15, 0.2) is 5.96 Å². The Hall–Kier alpha value is -2.89. The van der Waals surface area contributed by atoms with Crippen molar-refractivity contribution in [1.82, 2.24) is 16.0 Å². The van der Waals surface area contributed by atoms with Crippen molar-refractivity contribution in [3.8, 4) is 0 Å². The first-order valence-corrected chi connectivity index (χ1v) is 12.1. The molecule has 0 saturated carbocycles. The Kier molecular flexibility index (Phi) is 14.6. The van der Waals surface area contributed by atoms with Gasteiger partial charge in [-0.05, 0) is 43.4 Å². The van der Waals surface area contributed by atoms with Gasteiger partial charge in [0.1, 0.15) is 18.1 Å². The van der Waals surface area contributed by atoms with Crippen molar-refractivity contribution in [2.45, 2.75) is 91.4 Å². The third-order valence-electron chi connectivity index (χ3n) is 5.21. The van der Waals surface area contributed by atoms with Gasteiger partial charge in [-0.3, -0.25) is 19.4 Å². The van der Waals surface area contributed by atoms with E-state index in [2.05, 4.69) is 20.9 Å². The van der Waals surface area contributed by atoms with Crippen molar-refractivity contribution in [3.05, 3.63) is 0 Å². The van der Waals surface area contributed by atoms with Gasteiger partial charge in [-0.25, -0.2) is 4.79 Å². The van der Waals surface area contributed by atoms with E-state index in [-0.39, 0.29) is 36.7 Å². The van der Waals surface area contributed by atoms with Gasteiger partial charge in [0, 0.05) is 6.54 Å². The molecule has 0 heterocycles. The van der Waals surface area contributed by atoms with Crippen molar-refractivity contribution in [2.75, 3.05) is 6.54 Å². The standard InChI is InChI=1S/C23H45N7O5/c1-12(2)10-15(24)19(31)29-17(11-13(3)4)20(32)30-18(14(5)6)21(33)28-16(22(34)35)8-7-9-27-23(25)26/h12-18H,7-11,24H2,1-6H3,(H,28,33)(H,29,31)(H,30,32)(H,34,35)(H4,25,26,27). The van der Waals surface area contributed by atoms with Crippen molar-refractivity contribution in [3.63, 3.8) is 0 Å². The number of aliphatic carboxylic acids is 1. The van der Waals surface area contributed by atoms with Crippen LogP contribution in [-0.2, 0) is 19.2 Å². The molecule has 12 nitrogen and oxygen atoms in total. The van der Waals surface area contributed by atoms with Crippen LogP contribution in [0.1, 0.15) is 67.2 Å². The Morgan fingerprint density at radius 2 is 1.34 bits per heavy atom. The van der Waals surface area contributed by atoms with Crippen LogP contribution < -0.4 is 33.2 Å². The van der Waals surface area contributed by atoms with Gasteiger partial charge in [0.25, 0.3) is 0 Å². The van der Waals surface area contributed by atoms with E-state index < -0.39 is 47.9 Å². The fourth-order valence-corrected chi connectivity index (χ4v) is 3.41. The monoisotopic (exact) mass is 499 g/mol. The van der Waals surface area contributed by atoms with Crippen molar-refractivity contribution in [2.24, 2.45) is 39.9 Å². The highest BCUT2D eigenvalue weighted by Gasteiger charge is 2.32. The number of nitrogens with zero attached hydrogens (tertiary/aromatic N) is 1. The molecule has 0 spiro atoms. The summed E-state index contributed by atoms with van der Waals surface area (Å²) in [7, 11) is 0. The maximum absolute atomic E-state index is 13.1. The van der Waals surface area contributed by atoms with Crippen molar-refractivity contribution in [1.29, 1.82) is 0 Å². The van der Waals surface area contributed by atoms with Crippen LogP contribution in [0.2, 0.25) is 0 Å². The van der Waals surface area contributed by atoms with E-state index in [0.29, 0.717) is 19.3 Å². The summed E-state index contributed by atoms with van der Waals surface area (Å²) >= 11 is 0. The van der Waals surface area contributed by atoms with Crippen molar-refractivity contribution < 1.29 is 24.3 Å². The lowest BCUT2D eigenvalue weighted by Crippen LogP contribution is -2.58. The fraction of sp³-hybridized carbons (Fsp3) is 0.783. The van der Waals surface area contributed by atoms with Gasteiger partial charge < -0.3 is 38.3 Å². The Morgan fingerprint density at radius 1 is 0.800 bits per heavy atom. The Balaban J connectivity index is 5.37. The number of hydrogen-bond acceptors (Lipinski definition) is 6. The number of carboxylic acids is 1. The highest BCUT2D eigenvalue weighted by Crippen LogP contribution is 2.10. The van der Waals surface area contributed by atoms with Gasteiger partial charge in [0.05, 0.1) is 6.04 Å². The van der Waals surface area contributed by atoms with Gasteiger partial charge in [0.2, 0.25) is 17.7 Å². The molecule has 3 amide bonds.